The lowest BCUT2D eigenvalue weighted by molar-refractivity contribution is 0.173. The van der Waals surface area contributed by atoms with E-state index in [0.717, 1.165) is 36.4 Å². The minimum atomic E-state index is 0.572. The van der Waals surface area contributed by atoms with Gasteiger partial charge in [-0.3, -0.25) is 4.98 Å². The summed E-state index contributed by atoms with van der Waals surface area (Å²) >= 11 is 6.72. The van der Waals surface area contributed by atoms with Crippen LogP contribution in [0.2, 0.25) is 0 Å². The van der Waals surface area contributed by atoms with Crippen molar-refractivity contribution in [2.24, 2.45) is 0 Å². The Balaban J connectivity index is 1.77. The molecule has 4 heterocycles. The van der Waals surface area contributed by atoms with E-state index in [1.165, 1.54) is 0 Å². The molecule has 0 N–H and O–H groups in total. The van der Waals surface area contributed by atoms with Gasteiger partial charge in [0.15, 0.2) is 11.5 Å². The number of hydrogen-bond donors (Lipinski definition) is 0. The highest BCUT2D eigenvalue weighted by molar-refractivity contribution is 9.11. The maximum absolute atomic E-state index is 5.75. The van der Waals surface area contributed by atoms with E-state index in [0.29, 0.717) is 13.2 Å². The van der Waals surface area contributed by atoms with Gasteiger partial charge in [0.25, 0.3) is 0 Å². The molecule has 0 saturated carbocycles. The number of nitrogens with zero attached hydrogens (tertiary/aromatic N) is 2. The van der Waals surface area contributed by atoms with Gasteiger partial charge >= 0.3 is 0 Å². The average Bonchev–Trinajstić information content (AvgIpc) is 3.14. The van der Waals surface area contributed by atoms with Crippen LogP contribution in [0.3, 0.4) is 0 Å². The van der Waals surface area contributed by atoms with Crippen molar-refractivity contribution in [1.29, 1.82) is 0 Å². The highest BCUT2D eigenvalue weighted by Crippen LogP contribution is 2.52. The molecule has 1 aliphatic heterocycles. The van der Waals surface area contributed by atoms with Crippen LogP contribution < -0.4 is 9.47 Å². The Morgan fingerprint density at radius 3 is 2.86 bits per heavy atom. The number of hydrogen-bond acceptors (Lipinski definition) is 6. The molecule has 0 aromatic carbocycles. The van der Waals surface area contributed by atoms with E-state index < -0.39 is 0 Å². The van der Waals surface area contributed by atoms with Crippen molar-refractivity contribution >= 4 is 38.6 Å². The normalized spacial score (nSPS) is 13.4. The van der Waals surface area contributed by atoms with Crippen LogP contribution in [0.5, 0.6) is 11.5 Å². The highest BCUT2D eigenvalue weighted by atomic mass is 79.9. The summed E-state index contributed by atoms with van der Waals surface area (Å²) in [6.45, 7) is 1.16. The predicted molar refractivity (Wildman–Crippen MR) is 87.3 cm³/mol. The molecule has 0 saturated heterocycles. The largest absolute Gasteiger partial charge is 0.484 e. The molecule has 0 bridgehead atoms. The van der Waals surface area contributed by atoms with Gasteiger partial charge < -0.3 is 9.47 Å². The molecule has 0 radical (unpaired) electrons. The highest BCUT2D eigenvalue weighted by Gasteiger charge is 2.25. The van der Waals surface area contributed by atoms with Crippen molar-refractivity contribution in [3.8, 4) is 32.6 Å². The molecular weight excluding hydrogens is 372 g/mol. The third-order valence-electron chi connectivity index (χ3n) is 3.00. The van der Waals surface area contributed by atoms with Gasteiger partial charge in [-0.25, -0.2) is 4.98 Å². The molecule has 1 aliphatic rings. The van der Waals surface area contributed by atoms with E-state index in [1.807, 2.05) is 23.7 Å². The second-order valence-corrected chi connectivity index (χ2v) is 7.54. The first-order valence-corrected chi connectivity index (χ1v) is 8.76. The second kappa shape index (κ2) is 5.40. The summed E-state index contributed by atoms with van der Waals surface area (Å²) in [5, 5.41) is 2.99. The Labute approximate surface area is 137 Å². The minimum Gasteiger partial charge on any atom is -0.484 e. The minimum absolute atomic E-state index is 0.572. The summed E-state index contributed by atoms with van der Waals surface area (Å²) in [4.78, 5) is 9.84. The van der Waals surface area contributed by atoms with Crippen LogP contribution in [0.25, 0.3) is 21.1 Å². The Morgan fingerprint density at radius 1 is 1.19 bits per heavy atom. The fourth-order valence-corrected chi connectivity index (χ4v) is 4.62. The van der Waals surface area contributed by atoms with Crippen LogP contribution >= 0.6 is 38.6 Å². The molecule has 0 unspecified atom stereocenters. The second-order valence-electron chi connectivity index (χ2n) is 4.34. The van der Waals surface area contributed by atoms with Gasteiger partial charge in [-0.2, -0.15) is 0 Å². The van der Waals surface area contributed by atoms with Crippen LogP contribution in [0.4, 0.5) is 0 Å². The standard InChI is InChI=1S/C14H9BrN2O2S2/c15-13-11-10(18-4-5-19-11)12(21-13)9-7-20-14(17-9)8-2-1-3-16-6-8/h1-3,6-7H,4-5H2. The summed E-state index contributed by atoms with van der Waals surface area (Å²) in [6, 6.07) is 3.92. The van der Waals surface area contributed by atoms with Gasteiger partial charge in [0.2, 0.25) is 0 Å². The predicted octanol–water partition coefficient (Wildman–Crippen LogP) is 4.47. The molecule has 0 fully saturated rings. The zero-order chi connectivity index (χ0) is 14.2. The molecule has 106 valence electrons. The Bertz CT molecular complexity index is 786. The number of thiophene rings is 1. The van der Waals surface area contributed by atoms with Crippen molar-refractivity contribution < 1.29 is 9.47 Å². The van der Waals surface area contributed by atoms with Crippen LogP contribution in [0.1, 0.15) is 0 Å². The van der Waals surface area contributed by atoms with E-state index in [1.54, 1.807) is 28.9 Å². The summed E-state index contributed by atoms with van der Waals surface area (Å²) in [5.41, 5.74) is 1.94. The monoisotopic (exact) mass is 380 g/mol. The van der Waals surface area contributed by atoms with Gasteiger partial charge in [-0.1, -0.05) is 0 Å². The van der Waals surface area contributed by atoms with E-state index >= 15 is 0 Å². The maximum Gasteiger partial charge on any atom is 0.187 e. The van der Waals surface area contributed by atoms with Gasteiger partial charge in [0, 0.05) is 23.3 Å². The number of aromatic nitrogens is 2. The first-order chi connectivity index (χ1) is 10.3. The lowest BCUT2D eigenvalue weighted by Crippen LogP contribution is -2.14. The quantitative estimate of drug-likeness (QED) is 0.657. The Hall–Kier alpha value is -1.44. The van der Waals surface area contributed by atoms with Gasteiger partial charge in [-0.15, -0.1) is 22.7 Å². The summed E-state index contributed by atoms with van der Waals surface area (Å²) in [7, 11) is 0. The van der Waals surface area contributed by atoms with Crippen molar-refractivity contribution in [2.75, 3.05) is 13.2 Å². The molecule has 4 nitrogen and oxygen atoms in total. The molecule has 0 amide bonds. The zero-order valence-electron chi connectivity index (χ0n) is 10.7. The average molecular weight is 381 g/mol. The summed E-state index contributed by atoms with van der Waals surface area (Å²) < 4.78 is 12.4. The van der Waals surface area contributed by atoms with Crippen LogP contribution in [0.15, 0.2) is 33.7 Å². The SMILES string of the molecule is Brc1sc(-c2csc(-c3cccnc3)n2)c2c1OCCO2. The van der Waals surface area contributed by atoms with Crippen molar-refractivity contribution in [3.05, 3.63) is 33.7 Å². The summed E-state index contributed by atoms with van der Waals surface area (Å²) in [5.74, 6) is 1.58. The van der Waals surface area contributed by atoms with E-state index in [4.69, 9.17) is 14.5 Å². The molecule has 3 aromatic rings. The first kappa shape index (κ1) is 13.2. The Kier molecular flexibility index (Phi) is 3.40. The molecule has 0 spiro atoms. The van der Waals surface area contributed by atoms with E-state index in [-0.39, 0.29) is 0 Å². The third kappa shape index (κ3) is 2.35. The summed E-state index contributed by atoms with van der Waals surface area (Å²) in [6.07, 6.45) is 3.58. The molecule has 0 atom stereocenters. The van der Waals surface area contributed by atoms with Crippen molar-refractivity contribution in [1.82, 2.24) is 9.97 Å². The zero-order valence-corrected chi connectivity index (χ0v) is 13.9. The number of rotatable bonds is 2. The van der Waals surface area contributed by atoms with Gasteiger partial charge in [0.05, 0.1) is 5.69 Å². The fourth-order valence-electron chi connectivity index (χ4n) is 2.08. The molecular formula is C14H9BrN2O2S2. The van der Waals surface area contributed by atoms with Crippen molar-refractivity contribution in [3.63, 3.8) is 0 Å². The van der Waals surface area contributed by atoms with E-state index in [9.17, 15) is 0 Å². The van der Waals surface area contributed by atoms with Gasteiger partial charge in [-0.05, 0) is 28.1 Å². The number of fused-ring (bicyclic) bond motifs is 1. The molecule has 21 heavy (non-hydrogen) atoms. The topological polar surface area (TPSA) is 44.2 Å². The lowest BCUT2D eigenvalue weighted by atomic mass is 10.3. The number of thiazole rings is 1. The van der Waals surface area contributed by atoms with Crippen LogP contribution in [-0.2, 0) is 0 Å². The lowest BCUT2D eigenvalue weighted by Gasteiger charge is -2.15. The fraction of sp³-hybridized carbons (Fsp3) is 0.143. The number of halogens is 1. The maximum atomic E-state index is 5.75. The molecule has 0 aliphatic carbocycles. The van der Waals surface area contributed by atoms with Crippen molar-refractivity contribution in [2.45, 2.75) is 0 Å². The van der Waals surface area contributed by atoms with Crippen LogP contribution in [0, 0.1) is 0 Å². The number of pyridine rings is 1. The third-order valence-corrected chi connectivity index (χ3v) is 5.70. The van der Waals surface area contributed by atoms with E-state index in [2.05, 4.69) is 20.9 Å². The molecule has 7 heteroatoms. The van der Waals surface area contributed by atoms with Crippen LogP contribution in [-0.4, -0.2) is 23.2 Å². The first-order valence-electron chi connectivity index (χ1n) is 6.27. The Morgan fingerprint density at radius 2 is 2.05 bits per heavy atom. The van der Waals surface area contributed by atoms with Gasteiger partial charge in [0.1, 0.15) is 26.9 Å². The molecule has 4 rings (SSSR count). The molecule has 3 aromatic heterocycles. The number of ether oxygens (including phenoxy) is 2. The smallest absolute Gasteiger partial charge is 0.187 e.